The lowest BCUT2D eigenvalue weighted by molar-refractivity contribution is 0.120. The van der Waals surface area contributed by atoms with E-state index in [1.54, 1.807) is 0 Å². The zero-order chi connectivity index (χ0) is 23.5. The minimum absolute atomic E-state index is 0.0272. The van der Waals surface area contributed by atoms with Gasteiger partial charge in [-0.05, 0) is 55.6 Å². The highest BCUT2D eigenvalue weighted by molar-refractivity contribution is 8.00. The Morgan fingerprint density at radius 1 is 1.00 bits per heavy atom. The molecule has 0 saturated carbocycles. The van der Waals surface area contributed by atoms with Gasteiger partial charge in [0.15, 0.2) is 5.75 Å². The predicted octanol–water partition coefficient (Wildman–Crippen LogP) is 6.30. The van der Waals surface area contributed by atoms with Crippen molar-refractivity contribution >= 4 is 33.2 Å². The van der Waals surface area contributed by atoms with Crippen LogP contribution in [0.4, 0.5) is 0 Å². The molecule has 6 heteroatoms. The second-order valence-corrected chi connectivity index (χ2v) is 11.2. The van der Waals surface area contributed by atoms with Crippen LogP contribution in [0.25, 0.3) is 10.1 Å². The molecule has 0 aliphatic carbocycles. The van der Waals surface area contributed by atoms with Crippen LogP contribution in [0.2, 0.25) is 0 Å². The second-order valence-electron chi connectivity index (χ2n) is 8.46. The summed E-state index contributed by atoms with van der Waals surface area (Å²) in [6.45, 7) is 9.61. The lowest BCUT2D eigenvalue weighted by Gasteiger charge is -2.35. The molecule has 0 bridgehead atoms. The van der Waals surface area contributed by atoms with Gasteiger partial charge in [-0.15, -0.1) is 0 Å². The molecule has 0 fully saturated rings. The SMILES string of the molecule is CCNC(c1ccccc1)C(C)(C)SCCCOCCCOc1cc2ccccc2sc1=O. The number of thioether (sulfide) groups is 1. The molecule has 4 nitrogen and oxygen atoms in total. The molecule has 178 valence electrons. The third kappa shape index (κ3) is 7.85. The first kappa shape index (κ1) is 25.8. The number of benzene rings is 2. The van der Waals surface area contributed by atoms with Crippen LogP contribution in [0.1, 0.15) is 45.2 Å². The maximum Gasteiger partial charge on any atom is 0.274 e. The van der Waals surface area contributed by atoms with Crippen LogP contribution in [-0.4, -0.2) is 36.9 Å². The highest BCUT2D eigenvalue weighted by atomic mass is 32.2. The molecule has 0 radical (unpaired) electrons. The second kappa shape index (κ2) is 13.1. The molecule has 1 heterocycles. The zero-order valence-corrected chi connectivity index (χ0v) is 21.5. The molecule has 3 aromatic rings. The van der Waals surface area contributed by atoms with E-state index in [-0.39, 0.29) is 9.49 Å². The number of fused-ring (bicyclic) bond motifs is 1. The van der Waals surface area contributed by atoms with E-state index in [2.05, 4.69) is 56.4 Å². The molecule has 0 aliphatic rings. The van der Waals surface area contributed by atoms with Gasteiger partial charge in [0.25, 0.3) is 4.74 Å². The van der Waals surface area contributed by atoms with Crippen LogP contribution in [-0.2, 0) is 4.74 Å². The summed E-state index contributed by atoms with van der Waals surface area (Å²) in [7, 11) is 0. The molecular weight excluding hydrogens is 450 g/mol. The van der Waals surface area contributed by atoms with E-state index in [4.69, 9.17) is 9.47 Å². The van der Waals surface area contributed by atoms with Gasteiger partial charge in [0.1, 0.15) is 0 Å². The zero-order valence-electron chi connectivity index (χ0n) is 19.8. The third-order valence-corrected chi connectivity index (χ3v) is 7.89. The maximum atomic E-state index is 12.2. The Balaban J connectivity index is 1.32. The van der Waals surface area contributed by atoms with Gasteiger partial charge in [-0.1, -0.05) is 66.8 Å². The minimum atomic E-state index is -0.0272. The van der Waals surface area contributed by atoms with Crippen molar-refractivity contribution in [2.24, 2.45) is 0 Å². The molecule has 1 N–H and O–H groups in total. The quantitative estimate of drug-likeness (QED) is 0.272. The van der Waals surface area contributed by atoms with E-state index < -0.39 is 0 Å². The van der Waals surface area contributed by atoms with E-state index in [0.717, 1.165) is 41.8 Å². The number of rotatable bonds is 14. The Labute approximate surface area is 205 Å². The summed E-state index contributed by atoms with van der Waals surface area (Å²) in [4.78, 5) is 12.2. The molecule has 1 aromatic heterocycles. The molecule has 1 unspecified atom stereocenters. The van der Waals surface area contributed by atoms with Gasteiger partial charge >= 0.3 is 0 Å². The van der Waals surface area contributed by atoms with Crippen molar-refractivity contribution in [2.45, 2.75) is 44.4 Å². The van der Waals surface area contributed by atoms with Gasteiger partial charge in [0.2, 0.25) is 0 Å². The maximum absolute atomic E-state index is 12.2. The Morgan fingerprint density at radius 3 is 2.52 bits per heavy atom. The smallest absolute Gasteiger partial charge is 0.274 e. The molecular formula is C27H35NO3S2. The molecule has 3 rings (SSSR count). The van der Waals surface area contributed by atoms with Gasteiger partial charge in [0.05, 0.1) is 6.61 Å². The van der Waals surface area contributed by atoms with Gasteiger partial charge in [-0.3, -0.25) is 4.79 Å². The largest absolute Gasteiger partial charge is 0.488 e. The summed E-state index contributed by atoms with van der Waals surface area (Å²) in [5, 5.41) is 4.69. The van der Waals surface area contributed by atoms with E-state index in [0.29, 0.717) is 25.0 Å². The van der Waals surface area contributed by atoms with Gasteiger partial charge in [0, 0.05) is 35.1 Å². The van der Waals surface area contributed by atoms with E-state index in [1.807, 2.05) is 42.1 Å². The molecule has 0 spiro atoms. The summed E-state index contributed by atoms with van der Waals surface area (Å²) in [6, 6.07) is 20.7. The highest BCUT2D eigenvalue weighted by Gasteiger charge is 2.30. The van der Waals surface area contributed by atoms with E-state index in [9.17, 15) is 4.79 Å². The van der Waals surface area contributed by atoms with Crippen LogP contribution in [0, 0.1) is 0 Å². The lowest BCUT2D eigenvalue weighted by Crippen LogP contribution is -2.37. The van der Waals surface area contributed by atoms with Crippen molar-refractivity contribution in [1.29, 1.82) is 0 Å². The Morgan fingerprint density at radius 2 is 1.73 bits per heavy atom. The number of nitrogens with one attached hydrogen (secondary N) is 1. The summed E-state index contributed by atoms with van der Waals surface area (Å²) in [5.74, 6) is 1.49. The number of hydrogen-bond donors (Lipinski definition) is 1. The Hall–Kier alpha value is -1.86. The van der Waals surface area contributed by atoms with Crippen molar-refractivity contribution in [3.05, 3.63) is 75.8 Å². The van der Waals surface area contributed by atoms with Crippen LogP contribution < -0.4 is 14.8 Å². The van der Waals surface area contributed by atoms with Crippen molar-refractivity contribution in [2.75, 3.05) is 32.1 Å². The number of ether oxygens (including phenoxy) is 2. The van der Waals surface area contributed by atoms with Gasteiger partial charge in [-0.2, -0.15) is 11.8 Å². The monoisotopic (exact) mass is 485 g/mol. The fourth-order valence-corrected chi connectivity index (χ4v) is 5.77. The van der Waals surface area contributed by atoms with E-state index in [1.165, 1.54) is 16.9 Å². The Bertz CT molecular complexity index is 1040. The first-order valence-electron chi connectivity index (χ1n) is 11.7. The van der Waals surface area contributed by atoms with Crippen LogP contribution >= 0.6 is 23.1 Å². The fraction of sp³-hybridized carbons (Fsp3) is 0.444. The first-order valence-corrected chi connectivity index (χ1v) is 13.5. The van der Waals surface area contributed by atoms with Gasteiger partial charge in [-0.25, -0.2) is 0 Å². The normalized spacial score (nSPS) is 12.7. The molecule has 33 heavy (non-hydrogen) atoms. The summed E-state index contributed by atoms with van der Waals surface area (Å²) in [6.07, 6.45) is 1.78. The van der Waals surface area contributed by atoms with Crippen molar-refractivity contribution < 1.29 is 9.47 Å². The summed E-state index contributed by atoms with van der Waals surface area (Å²) < 4.78 is 12.6. The van der Waals surface area contributed by atoms with E-state index >= 15 is 0 Å². The van der Waals surface area contributed by atoms with Gasteiger partial charge < -0.3 is 14.8 Å². The summed E-state index contributed by atoms with van der Waals surface area (Å²) >= 11 is 3.22. The molecule has 1 atom stereocenters. The molecule has 0 aliphatic heterocycles. The topological polar surface area (TPSA) is 47.6 Å². The third-order valence-electron chi connectivity index (χ3n) is 5.44. The van der Waals surface area contributed by atoms with Crippen LogP contribution in [0.15, 0.2) is 65.5 Å². The minimum Gasteiger partial charge on any atom is -0.488 e. The van der Waals surface area contributed by atoms with Crippen molar-refractivity contribution in [1.82, 2.24) is 5.32 Å². The number of hydrogen-bond acceptors (Lipinski definition) is 6. The molecule has 2 aromatic carbocycles. The fourth-order valence-electron chi connectivity index (χ4n) is 3.78. The summed E-state index contributed by atoms with van der Waals surface area (Å²) in [5.41, 5.74) is 1.33. The average Bonchev–Trinajstić information content (AvgIpc) is 2.82. The lowest BCUT2D eigenvalue weighted by atomic mass is 9.95. The average molecular weight is 486 g/mol. The molecule has 0 saturated heterocycles. The predicted molar refractivity (Wildman–Crippen MR) is 143 cm³/mol. The highest BCUT2D eigenvalue weighted by Crippen LogP contribution is 2.37. The van der Waals surface area contributed by atoms with Crippen molar-refractivity contribution in [3.63, 3.8) is 0 Å². The molecule has 0 amide bonds. The van der Waals surface area contributed by atoms with Crippen LogP contribution in [0.5, 0.6) is 5.75 Å². The van der Waals surface area contributed by atoms with Crippen molar-refractivity contribution in [3.8, 4) is 5.75 Å². The Kier molecular flexibility index (Phi) is 10.3. The first-order chi connectivity index (χ1) is 16.0. The standard InChI is InChI=1S/C27H35NO3S2/c1-4-28-25(21-12-6-5-7-13-21)27(2,3)32-19-11-17-30-16-10-18-31-23-20-22-14-8-9-15-24(22)33-26(23)29/h5-9,12-15,20,25,28H,4,10-11,16-19H2,1-3H3. The van der Waals surface area contributed by atoms with Crippen LogP contribution in [0.3, 0.4) is 0 Å².